The van der Waals surface area contributed by atoms with Gasteiger partial charge in [-0.2, -0.15) is 5.10 Å². The quantitative estimate of drug-likeness (QED) is 0.654. The molecule has 24 heavy (non-hydrogen) atoms. The minimum Gasteiger partial charge on any atom is -0.395 e. The van der Waals surface area contributed by atoms with Gasteiger partial charge >= 0.3 is 0 Å². The van der Waals surface area contributed by atoms with Gasteiger partial charge < -0.3 is 10.8 Å². The number of nitrogen functional groups attached to an aromatic ring is 1. The van der Waals surface area contributed by atoms with Gasteiger partial charge in [0, 0.05) is 42.5 Å². The topological polar surface area (TPSA) is 80.2 Å². The first kappa shape index (κ1) is 16.6. The van der Waals surface area contributed by atoms with Crippen LogP contribution in [0.25, 0.3) is 0 Å². The van der Waals surface area contributed by atoms with Crippen molar-refractivity contribution < 1.29 is 5.11 Å². The van der Waals surface area contributed by atoms with E-state index in [0.717, 1.165) is 30.1 Å². The van der Waals surface area contributed by atoms with Gasteiger partial charge in [-0.1, -0.05) is 30.3 Å². The van der Waals surface area contributed by atoms with E-state index in [9.17, 15) is 5.11 Å². The molecule has 0 unspecified atom stereocenters. The molecule has 2 aromatic heterocycles. The number of benzene rings is 1. The lowest BCUT2D eigenvalue weighted by atomic mass is 10.2. The number of rotatable bonds is 8. The lowest BCUT2D eigenvalue weighted by molar-refractivity contribution is 0.185. The largest absolute Gasteiger partial charge is 0.395 e. The van der Waals surface area contributed by atoms with Crippen LogP contribution in [0.5, 0.6) is 0 Å². The van der Waals surface area contributed by atoms with E-state index in [4.69, 9.17) is 5.73 Å². The second-order valence-electron chi connectivity index (χ2n) is 5.63. The van der Waals surface area contributed by atoms with Crippen molar-refractivity contribution in [3.05, 3.63) is 64.9 Å². The zero-order chi connectivity index (χ0) is 16.8. The molecule has 0 atom stereocenters. The van der Waals surface area contributed by atoms with E-state index in [2.05, 4.69) is 33.3 Å². The first-order chi connectivity index (χ1) is 11.7. The number of anilines is 1. The SMILES string of the molecule is Nc1ncc(CN(CCO)Cc2cnn(Cc3ccccc3)c2)s1. The Hall–Kier alpha value is -2.22. The standard InChI is InChI=1S/C17H21N5OS/c18-17-19-9-16(24-17)13-21(6-7-23)10-15-8-20-22(12-15)11-14-4-2-1-3-5-14/h1-5,8-9,12,23H,6-7,10-11,13H2,(H2,18,19). The van der Waals surface area contributed by atoms with E-state index in [-0.39, 0.29) is 6.61 Å². The van der Waals surface area contributed by atoms with E-state index in [1.165, 1.54) is 16.9 Å². The van der Waals surface area contributed by atoms with Crippen LogP contribution >= 0.6 is 11.3 Å². The van der Waals surface area contributed by atoms with Crippen molar-refractivity contribution in [3.63, 3.8) is 0 Å². The van der Waals surface area contributed by atoms with Crippen LogP contribution in [-0.2, 0) is 19.6 Å². The fourth-order valence-corrected chi connectivity index (χ4v) is 3.30. The van der Waals surface area contributed by atoms with Gasteiger partial charge in [0.1, 0.15) is 0 Å². The summed E-state index contributed by atoms with van der Waals surface area (Å²) in [6, 6.07) is 10.3. The molecule has 3 N–H and O–H groups in total. The molecule has 0 aliphatic carbocycles. The molecule has 0 fully saturated rings. The van der Waals surface area contributed by atoms with Crippen molar-refractivity contribution in [1.29, 1.82) is 0 Å². The van der Waals surface area contributed by atoms with Crippen molar-refractivity contribution >= 4 is 16.5 Å². The number of thiazole rings is 1. The molecule has 2 heterocycles. The molecule has 0 aliphatic rings. The average molecular weight is 343 g/mol. The summed E-state index contributed by atoms with van der Waals surface area (Å²) in [5.41, 5.74) is 8.03. The van der Waals surface area contributed by atoms with Crippen LogP contribution in [0.15, 0.2) is 48.9 Å². The van der Waals surface area contributed by atoms with Crippen LogP contribution in [0, 0.1) is 0 Å². The van der Waals surface area contributed by atoms with Crippen molar-refractivity contribution in [2.75, 3.05) is 18.9 Å². The van der Waals surface area contributed by atoms with E-state index < -0.39 is 0 Å². The maximum absolute atomic E-state index is 9.30. The highest BCUT2D eigenvalue weighted by molar-refractivity contribution is 7.15. The van der Waals surface area contributed by atoms with E-state index in [1.807, 2.05) is 29.1 Å². The van der Waals surface area contributed by atoms with Crippen LogP contribution < -0.4 is 5.73 Å². The molecule has 7 heteroatoms. The Morgan fingerprint density at radius 2 is 1.96 bits per heavy atom. The van der Waals surface area contributed by atoms with Gasteiger partial charge in [-0.3, -0.25) is 9.58 Å². The predicted octanol–water partition coefficient (Wildman–Crippen LogP) is 1.96. The van der Waals surface area contributed by atoms with Gasteiger partial charge in [0.15, 0.2) is 5.13 Å². The normalized spacial score (nSPS) is 11.2. The molecule has 0 radical (unpaired) electrons. The molecule has 0 saturated carbocycles. The number of hydrogen-bond acceptors (Lipinski definition) is 6. The molecular formula is C17H21N5OS. The zero-order valence-electron chi connectivity index (χ0n) is 13.4. The van der Waals surface area contributed by atoms with Crippen LogP contribution in [0.1, 0.15) is 16.0 Å². The van der Waals surface area contributed by atoms with E-state index in [1.54, 1.807) is 6.20 Å². The van der Waals surface area contributed by atoms with Gasteiger partial charge in [-0.25, -0.2) is 4.98 Å². The molecule has 3 rings (SSSR count). The van der Waals surface area contributed by atoms with E-state index in [0.29, 0.717) is 11.7 Å². The average Bonchev–Trinajstić information content (AvgIpc) is 3.18. The first-order valence-electron chi connectivity index (χ1n) is 7.81. The Kier molecular flexibility index (Phi) is 5.58. The maximum Gasteiger partial charge on any atom is 0.180 e. The van der Waals surface area contributed by atoms with Crippen LogP contribution in [0.2, 0.25) is 0 Å². The molecule has 0 amide bonds. The minimum absolute atomic E-state index is 0.117. The molecular weight excluding hydrogens is 322 g/mol. The smallest absolute Gasteiger partial charge is 0.180 e. The van der Waals surface area contributed by atoms with Crippen molar-refractivity contribution in [2.24, 2.45) is 0 Å². The highest BCUT2D eigenvalue weighted by atomic mass is 32.1. The maximum atomic E-state index is 9.30. The molecule has 0 aliphatic heterocycles. The molecule has 126 valence electrons. The number of hydrogen-bond donors (Lipinski definition) is 2. The molecule has 3 aromatic rings. The van der Waals surface area contributed by atoms with Crippen molar-refractivity contribution in [1.82, 2.24) is 19.7 Å². The lowest BCUT2D eigenvalue weighted by Crippen LogP contribution is -2.25. The molecule has 6 nitrogen and oxygen atoms in total. The monoisotopic (exact) mass is 343 g/mol. The number of aliphatic hydroxyl groups is 1. The number of aromatic nitrogens is 3. The van der Waals surface area contributed by atoms with E-state index >= 15 is 0 Å². The van der Waals surface area contributed by atoms with Gasteiger partial charge in [-0.15, -0.1) is 11.3 Å². The summed E-state index contributed by atoms with van der Waals surface area (Å²) >= 11 is 1.48. The van der Waals surface area contributed by atoms with Crippen LogP contribution in [0.4, 0.5) is 5.13 Å². The summed E-state index contributed by atoms with van der Waals surface area (Å²) < 4.78 is 1.94. The lowest BCUT2D eigenvalue weighted by Gasteiger charge is -2.19. The zero-order valence-corrected chi connectivity index (χ0v) is 14.2. The highest BCUT2D eigenvalue weighted by Crippen LogP contribution is 2.17. The Morgan fingerprint density at radius 3 is 2.67 bits per heavy atom. The Morgan fingerprint density at radius 1 is 1.12 bits per heavy atom. The summed E-state index contributed by atoms with van der Waals surface area (Å²) in [7, 11) is 0. The fourth-order valence-electron chi connectivity index (χ4n) is 2.57. The van der Waals surface area contributed by atoms with Crippen LogP contribution in [0.3, 0.4) is 0 Å². The predicted molar refractivity (Wildman–Crippen MR) is 95.5 cm³/mol. The van der Waals surface area contributed by atoms with Gasteiger partial charge in [0.2, 0.25) is 0 Å². The minimum atomic E-state index is 0.117. The third-order valence-electron chi connectivity index (χ3n) is 3.65. The molecule has 0 saturated heterocycles. The third kappa shape index (κ3) is 4.64. The van der Waals surface area contributed by atoms with Crippen molar-refractivity contribution in [2.45, 2.75) is 19.6 Å². The summed E-state index contributed by atoms with van der Waals surface area (Å²) in [6.45, 7) is 2.92. The molecule has 1 aromatic carbocycles. The Labute approximate surface area is 145 Å². The van der Waals surface area contributed by atoms with Crippen LogP contribution in [-0.4, -0.2) is 37.9 Å². The second-order valence-corrected chi connectivity index (χ2v) is 6.78. The summed E-state index contributed by atoms with van der Waals surface area (Å²) in [4.78, 5) is 7.34. The Bertz CT molecular complexity index is 755. The summed E-state index contributed by atoms with van der Waals surface area (Å²) in [5.74, 6) is 0. The number of nitrogens with two attached hydrogens (primary N) is 1. The second kappa shape index (κ2) is 8.05. The Balaban J connectivity index is 1.62. The summed E-state index contributed by atoms with van der Waals surface area (Å²) in [5, 5.41) is 14.3. The first-order valence-corrected chi connectivity index (χ1v) is 8.63. The fraction of sp³-hybridized carbons (Fsp3) is 0.294. The van der Waals surface area contributed by atoms with Gasteiger partial charge in [0.25, 0.3) is 0 Å². The van der Waals surface area contributed by atoms with Crippen molar-refractivity contribution in [3.8, 4) is 0 Å². The molecule has 0 bridgehead atoms. The molecule has 0 spiro atoms. The van der Waals surface area contributed by atoms with Gasteiger partial charge in [-0.05, 0) is 5.56 Å². The number of aliphatic hydroxyl groups excluding tert-OH is 1. The highest BCUT2D eigenvalue weighted by Gasteiger charge is 2.10. The number of nitrogens with zero attached hydrogens (tertiary/aromatic N) is 4. The third-order valence-corrected chi connectivity index (χ3v) is 4.46. The summed E-state index contributed by atoms with van der Waals surface area (Å²) in [6.07, 6.45) is 5.73. The van der Waals surface area contributed by atoms with Gasteiger partial charge in [0.05, 0.1) is 19.3 Å².